The van der Waals surface area contributed by atoms with Gasteiger partial charge >= 0.3 is 11.9 Å². The largest absolute Gasteiger partial charge is 0.481 e. The van der Waals surface area contributed by atoms with Gasteiger partial charge in [-0.3, -0.25) is 9.59 Å². The summed E-state index contributed by atoms with van der Waals surface area (Å²) >= 11 is 1.82. The highest BCUT2D eigenvalue weighted by atomic mass is 32.2. The molecule has 0 radical (unpaired) electrons. The Morgan fingerprint density at radius 1 is 1.24 bits per heavy atom. The molecule has 0 spiro atoms. The second-order valence-corrected chi connectivity index (χ2v) is 6.62. The van der Waals surface area contributed by atoms with Gasteiger partial charge in [0.05, 0.1) is 20.0 Å². The van der Waals surface area contributed by atoms with Crippen molar-refractivity contribution in [3.63, 3.8) is 0 Å². The number of carbonyl (C=O) groups is 2. The minimum atomic E-state index is -0.810. The van der Waals surface area contributed by atoms with Crippen molar-refractivity contribution < 1.29 is 19.4 Å². The van der Waals surface area contributed by atoms with Gasteiger partial charge in [0, 0.05) is 5.75 Å². The molecule has 2 rings (SSSR count). The van der Waals surface area contributed by atoms with Crippen molar-refractivity contribution in [2.45, 2.75) is 31.4 Å². The molecule has 1 fully saturated rings. The van der Waals surface area contributed by atoms with Crippen molar-refractivity contribution in [1.29, 1.82) is 0 Å². The van der Waals surface area contributed by atoms with E-state index in [0.717, 1.165) is 29.9 Å². The fourth-order valence-electron chi connectivity index (χ4n) is 2.24. The highest BCUT2D eigenvalue weighted by Crippen LogP contribution is 2.51. The molecule has 0 unspecified atom stereocenters. The van der Waals surface area contributed by atoms with E-state index in [9.17, 15) is 9.59 Å². The van der Waals surface area contributed by atoms with Crippen LogP contribution < -0.4 is 0 Å². The van der Waals surface area contributed by atoms with Gasteiger partial charge in [-0.2, -0.15) is 11.8 Å². The predicted octanol–water partition coefficient (Wildman–Crippen LogP) is 2.89. The summed E-state index contributed by atoms with van der Waals surface area (Å²) < 4.78 is 4.74. The molecule has 0 aromatic heterocycles. The van der Waals surface area contributed by atoms with E-state index in [1.165, 1.54) is 12.7 Å². The molecule has 1 aliphatic carbocycles. The maximum Gasteiger partial charge on any atom is 0.307 e. The first-order chi connectivity index (χ1) is 10.0. The second-order valence-electron chi connectivity index (χ2n) is 5.63. The van der Waals surface area contributed by atoms with Crippen LogP contribution in [0.3, 0.4) is 0 Å². The number of rotatable bonds is 8. The fourth-order valence-corrected chi connectivity index (χ4v) is 3.59. The average Bonchev–Trinajstić information content (AvgIpc) is 3.20. The zero-order valence-corrected chi connectivity index (χ0v) is 12.9. The lowest BCUT2D eigenvalue weighted by Gasteiger charge is -2.13. The van der Waals surface area contributed by atoms with Crippen molar-refractivity contribution in [2.75, 3.05) is 12.9 Å². The monoisotopic (exact) mass is 308 g/mol. The number of aliphatic carboxylic acids is 1. The van der Waals surface area contributed by atoms with Crippen molar-refractivity contribution >= 4 is 23.7 Å². The minimum absolute atomic E-state index is 0.0651. The predicted molar refractivity (Wildman–Crippen MR) is 82.2 cm³/mol. The van der Waals surface area contributed by atoms with Gasteiger partial charge < -0.3 is 9.84 Å². The van der Waals surface area contributed by atoms with Crippen LogP contribution >= 0.6 is 11.8 Å². The van der Waals surface area contributed by atoms with Crippen molar-refractivity contribution in [3.8, 4) is 0 Å². The Hall–Kier alpha value is -1.49. The molecule has 1 aromatic carbocycles. The van der Waals surface area contributed by atoms with E-state index in [4.69, 9.17) is 9.84 Å². The van der Waals surface area contributed by atoms with Crippen LogP contribution in [0.5, 0.6) is 0 Å². The Morgan fingerprint density at radius 2 is 1.86 bits per heavy atom. The molecule has 1 N–H and O–H groups in total. The Bertz CT molecular complexity index is 506. The third kappa shape index (κ3) is 5.08. The second kappa shape index (κ2) is 6.98. The summed E-state index contributed by atoms with van der Waals surface area (Å²) in [7, 11) is 1.43. The van der Waals surface area contributed by atoms with E-state index in [0.29, 0.717) is 6.42 Å². The van der Waals surface area contributed by atoms with E-state index in [-0.39, 0.29) is 17.8 Å². The van der Waals surface area contributed by atoms with E-state index >= 15 is 0 Å². The molecule has 114 valence electrons. The molecule has 0 saturated heterocycles. The summed E-state index contributed by atoms with van der Waals surface area (Å²) in [4.78, 5) is 22.0. The number of thioether (sulfide) groups is 1. The maximum atomic E-state index is 11.3. The molecule has 5 heteroatoms. The van der Waals surface area contributed by atoms with Gasteiger partial charge in [-0.05, 0) is 35.1 Å². The van der Waals surface area contributed by atoms with E-state index in [1.54, 1.807) is 0 Å². The number of carboxylic acids is 1. The van der Waals surface area contributed by atoms with Gasteiger partial charge in [-0.1, -0.05) is 24.3 Å². The zero-order chi connectivity index (χ0) is 15.3. The minimum Gasteiger partial charge on any atom is -0.481 e. The molecule has 21 heavy (non-hydrogen) atoms. The molecule has 1 aliphatic rings. The van der Waals surface area contributed by atoms with Crippen LogP contribution in [-0.4, -0.2) is 29.9 Å². The lowest BCUT2D eigenvalue weighted by Crippen LogP contribution is -2.13. The number of carboxylic acid groups (broad SMARTS) is 1. The van der Waals surface area contributed by atoms with Crippen molar-refractivity contribution in [3.05, 3.63) is 35.4 Å². The molecular weight excluding hydrogens is 288 g/mol. The average molecular weight is 308 g/mol. The molecule has 4 nitrogen and oxygen atoms in total. The number of ether oxygens (including phenoxy) is 1. The van der Waals surface area contributed by atoms with Crippen LogP contribution in [0, 0.1) is 5.41 Å². The highest BCUT2D eigenvalue weighted by molar-refractivity contribution is 7.98. The Balaban J connectivity index is 1.76. The number of benzene rings is 1. The number of hydrogen-bond donors (Lipinski definition) is 1. The van der Waals surface area contributed by atoms with Crippen LogP contribution in [0.25, 0.3) is 0 Å². The summed E-state index contributed by atoms with van der Waals surface area (Å²) in [6.45, 7) is 0. The van der Waals surface area contributed by atoms with Crippen LogP contribution in [0.4, 0.5) is 0 Å². The summed E-state index contributed by atoms with van der Waals surface area (Å²) in [6.07, 6.45) is 2.79. The van der Waals surface area contributed by atoms with E-state index < -0.39 is 5.97 Å². The van der Waals surface area contributed by atoms with E-state index in [2.05, 4.69) is 0 Å². The lowest BCUT2D eigenvalue weighted by atomic mass is 10.1. The van der Waals surface area contributed by atoms with Crippen molar-refractivity contribution in [2.24, 2.45) is 5.41 Å². The molecule has 0 aliphatic heterocycles. The topological polar surface area (TPSA) is 63.6 Å². The quantitative estimate of drug-likeness (QED) is 0.748. The van der Waals surface area contributed by atoms with Crippen LogP contribution in [0.2, 0.25) is 0 Å². The van der Waals surface area contributed by atoms with E-state index in [1.807, 2.05) is 36.0 Å². The van der Waals surface area contributed by atoms with Gasteiger partial charge in [0.2, 0.25) is 0 Å². The van der Waals surface area contributed by atoms with Crippen molar-refractivity contribution in [1.82, 2.24) is 0 Å². The number of esters is 1. The molecule has 0 heterocycles. The summed E-state index contributed by atoms with van der Waals surface area (Å²) in [5.74, 6) is 0.927. The Kier molecular flexibility index (Phi) is 5.28. The van der Waals surface area contributed by atoms with Gasteiger partial charge in [-0.25, -0.2) is 0 Å². The first-order valence-electron chi connectivity index (χ1n) is 6.97. The Morgan fingerprint density at radius 3 is 2.38 bits per heavy atom. The highest BCUT2D eigenvalue weighted by Gasteiger charge is 2.44. The molecule has 1 aromatic rings. The van der Waals surface area contributed by atoms with Gasteiger partial charge in [0.15, 0.2) is 0 Å². The van der Waals surface area contributed by atoms with Gasteiger partial charge in [0.1, 0.15) is 0 Å². The van der Waals surface area contributed by atoms with Crippen LogP contribution in [0.15, 0.2) is 24.3 Å². The molecule has 0 atom stereocenters. The van der Waals surface area contributed by atoms with Crippen LogP contribution in [-0.2, 0) is 26.5 Å². The Labute approximate surface area is 128 Å². The fraction of sp³-hybridized carbons (Fsp3) is 0.500. The van der Waals surface area contributed by atoms with Gasteiger partial charge in [0.25, 0.3) is 0 Å². The van der Waals surface area contributed by atoms with Crippen LogP contribution in [0.1, 0.15) is 30.4 Å². The molecule has 1 saturated carbocycles. The summed E-state index contributed by atoms with van der Waals surface area (Å²) in [5.41, 5.74) is 2.16. The molecular formula is C16H20O4S. The third-order valence-electron chi connectivity index (χ3n) is 3.76. The molecule has 0 amide bonds. The maximum absolute atomic E-state index is 11.3. The smallest absolute Gasteiger partial charge is 0.307 e. The first-order valence-corrected chi connectivity index (χ1v) is 8.13. The van der Waals surface area contributed by atoms with Gasteiger partial charge in [-0.15, -0.1) is 0 Å². The lowest BCUT2D eigenvalue weighted by molar-refractivity contribution is -0.142. The zero-order valence-electron chi connectivity index (χ0n) is 12.1. The third-order valence-corrected chi connectivity index (χ3v) is 5.11. The first kappa shape index (κ1) is 15.9. The molecule has 0 bridgehead atoms. The standard InChI is InChI=1S/C16H20O4S/c1-20-15(19)9-16(6-7-16)11-21-10-13-4-2-12(3-5-13)8-14(17)18/h2-5H,6-11H2,1H3,(H,17,18). The summed E-state index contributed by atoms with van der Waals surface area (Å²) in [6, 6.07) is 7.69. The summed E-state index contributed by atoms with van der Waals surface area (Å²) in [5, 5.41) is 8.72. The SMILES string of the molecule is COC(=O)CC1(CSCc2ccc(CC(=O)O)cc2)CC1. The normalized spacial score (nSPS) is 15.5. The number of methoxy groups -OCH3 is 1. The number of hydrogen-bond acceptors (Lipinski definition) is 4. The number of carbonyl (C=O) groups excluding carboxylic acids is 1.